The van der Waals surface area contributed by atoms with Gasteiger partial charge in [0.25, 0.3) is 0 Å². The van der Waals surface area contributed by atoms with Gasteiger partial charge in [-0.1, -0.05) is 70.5 Å². The van der Waals surface area contributed by atoms with Crippen molar-refractivity contribution >= 4 is 28.0 Å². The van der Waals surface area contributed by atoms with Crippen LogP contribution in [0, 0.1) is 0 Å². The highest BCUT2D eigenvalue weighted by Crippen LogP contribution is 2.53. The maximum atomic E-state index is 13.4. The van der Waals surface area contributed by atoms with E-state index >= 15 is 0 Å². The Labute approximate surface area is 217 Å². The van der Waals surface area contributed by atoms with E-state index in [2.05, 4.69) is 31.5 Å². The van der Waals surface area contributed by atoms with Gasteiger partial charge in [0.2, 0.25) is 0 Å². The molecule has 0 saturated carbocycles. The Morgan fingerprint density at radius 2 is 1.62 bits per heavy atom. The summed E-state index contributed by atoms with van der Waals surface area (Å²) in [7, 11) is 0. The van der Waals surface area contributed by atoms with Gasteiger partial charge >= 0.3 is 23.9 Å². The van der Waals surface area contributed by atoms with E-state index in [1.54, 1.807) is 0 Å². The molecule has 11 heteroatoms. The Morgan fingerprint density at radius 1 is 1.03 bits per heavy atom. The molecule has 1 aliphatic carbocycles. The molecule has 1 aliphatic heterocycles. The molecule has 0 radical (unpaired) electrons. The van der Waals surface area contributed by atoms with Gasteiger partial charge < -0.3 is 15.2 Å². The molecular formula is C26H19BrF3N3O4. The largest absolute Gasteiger partial charge is 0.480 e. The van der Waals surface area contributed by atoms with E-state index < -0.39 is 29.9 Å². The molecule has 3 aromatic rings. The maximum Gasteiger partial charge on any atom is 0.442 e. The number of carbonyl (C=O) groups excluding carboxylic acids is 1. The van der Waals surface area contributed by atoms with Crippen LogP contribution in [0.25, 0.3) is 11.1 Å². The summed E-state index contributed by atoms with van der Waals surface area (Å²) in [5, 5.41) is 18.4. The minimum Gasteiger partial charge on any atom is -0.480 e. The molecule has 1 amide bonds. The summed E-state index contributed by atoms with van der Waals surface area (Å²) in [6.45, 7) is -0.00958. The number of benzene rings is 3. The number of alkyl carbamates (subject to hydrolysis) is 1. The van der Waals surface area contributed by atoms with Gasteiger partial charge in [-0.05, 0) is 39.9 Å². The van der Waals surface area contributed by atoms with Crippen molar-refractivity contribution in [3.63, 3.8) is 0 Å². The topological polar surface area (TPSA) is 100 Å². The molecule has 190 valence electrons. The molecule has 0 spiro atoms. The van der Waals surface area contributed by atoms with E-state index in [0.29, 0.717) is 4.47 Å². The van der Waals surface area contributed by atoms with E-state index in [0.717, 1.165) is 22.3 Å². The van der Waals surface area contributed by atoms with Crippen molar-refractivity contribution in [1.29, 1.82) is 0 Å². The second-order valence-electron chi connectivity index (χ2n) is 8.78. The van der Waals surface area contributed by atoms with Gasteiger partial charge in [0.1, 0.15) is 12.6 Å². The Balaban J connectivity index is 1.28. The molecule has 37 heavy (non-hydrogen) atoms. The normalized spacial score (nSPS) is 16.0. The summed E-state index contributed by atoms with van der Waals surface area (Å²) in [6.07, 6.45) is -5.94. The average molecular weight is 574 g/mol. The predicted molar refractivity (Wildman–Crippen MR) is 130 cm³/mol. The van der Waals surface area contributed by atoms with Gasteiger partial charge in [-0.3, -0.25) is 0 Å². The van der Waals surface area contributed by atoms with Crippen LogP contribution in [0.3, 0.4) is 0 Å². The van der Waals surface area contributed by atoms with Crippen LogP contribution in [0.1, 0.15) is 28.2 Å². The summed E-state index contributed by atoms with van der Waals surface area (Å²) < 4.78 is 46.0. The van der Waals surface area contributed by atoms with Crippen LogP contribution in [0.2, 0.25) is 0 Å². The van der Waals surface area contributed by atoms with Gasteiger partial charge in [-0.25, -0.2) is 9.59 Å². The lowest BCUT2D eigenvalue weighted by molar-refractivity contribution is -0.166. The number of rotatable bonds is 7. The third-order valence-electron chi connectivity index (χ3n) is 6.43. The summed E-state index contributed by atoms with van der Waals surface area (Å²) in [6, 6.07) is 18.0. The molecule has 0 fully saturated rings. The van der Waals surface area contributed by atoms with Gasteiger partial charge in [-0.2, -0.15) is 13.2 Å². The number of alkyl halides is 3. The van der Waals surface area contributed by atoms with Crippen LogP contribution in [-0.4, -0.2) is 36.0 Å². The lowest BCUT2D eigenvalue weighted by Gasteiger charge is -2.19. The van der Waals surface area contributed by atoms with Crippen molar-refractivity contribution in [2.24, 2.45) is 10.2 Å². The van der Waals surface area contributed by atoms with Gasteiger partial charge in [0.15, 0.2) is 0 Å². The number of hydrogen-bond donors (Lipinski definition) is 2. The number of carbonyl (C=O) groups is 2. The maximum absolute atomic E-state index is 13.4. The molecular weight excluding hydrogens is 555 g/mol. The molecule has 7 nitrogen and oxygen atoms in total. The number of aliphatic carboxylic acids is 1. The van der Waals surface area contributed by atoms with Crippen LogP contribution in [0.15, 0.2) is 81.4 Å². The zero-order valence-electron chi connectivity index (χ0n) is 19.0. The van der Waals surface area contributed by atoms with Crippen LogP contribution in [0.4, 0.5) is 18.0 Å². The van der Waals surface area contributed by atoms with Crippen molar-refractivity contribution in [2.45, 2.75) is 30.2 Å². The molecule has 0 bridgehead atoms. The van der Waals surface area contributed by atoms with Crippen LogP contribution in [-0.2, 0) is 21.6 Å². The molecule has 1 heterocycles. The lowest BCUT2D eigenvalue weighted by Crippen LogP contribution is -2.43. The number of amides is 1. The van der Waals surface area contributed by atoms with Gasteiger partial charge in [0, 0.05) is 22.4 Å². The zero-order valence-corrected chi connectivity index (χ0v) is 20.6. The van der Waals surface area contributed by atoms with Crippen molar-refractivity contribution in [1.82, 2.24) is 5.32 Å². The highest BCUT2D eigenvalue weighted by atomic mass is 79.9. The Morgan fingerprint density at radius 3 is 2.16 bits per heavy atom. The van der Waals surface area contributed by atoms with E-state index in [4.69, 9.17) is 4.74 Å². The van der Waals surface area contributed by atoms with E-state index in [-0.39, 0.29) is 30.1 Å². The van der Waals surface area contributed by atoms with Crippen molar-refractivity contribution in [3.8, 4) is 11.1 Å². The highest BCUT2D eigenvalue weighted by molar-refractivity contribution is 9.10. The van der Waals surface area contributed by atoms with E-state index in [1.165, 1.54) is 18.2 Å². The fourth-order valence-electron chi connectivity index (χ4n) is 4.63. The molecule has 2 N–H and O–H groups in total. The first-order valence-corrected chi connectivity index (χ1v) is 12.0. The third-order valence-corrected chi connectivity index (χ3v) is 6.89. The molecule has 2 aliphatic rings. The van der Waals surface area contributed by atoms with E-state index in [9.17, 15) is 27.9 Å². The number of hydrogen-bond acceptors (Lipinski definition) is 5. The van der Waals surface area contributed by atoms with E-state index in [1.807, 2.05) is 48.5 Å². The van der Waals surface area contributed by atoms with Crippen molar-refractivity contribution in [3.05, 3.63) is 93.5 Å². The summed E-state index contributed by atoms with van der Waals surface area (Å²) >= 11 is 3.16. The third kappa shape index (κ3) is 4.71. The second kappa shape index (κ2) is 9.29. The predicted octanol–water partition coefficient (Wildman–Crippen LogP) is 6.16. The molecule has 5 rings (SSSR count). The minimum absolute atomic E-state index is 0.00958. The summed E-state index contributed by atoms with van der Waals surface area (Å²) in [4.78, 5) is 24.4. The highest BCUT2D eigenvalue weighted by Gasteiger charge is 2.65. The monoisotopic (exact) mass is 573 g/mol. The quantitative estimate of drug-likeness (QED) is 0.353. The van der Waals surface area contributed by atoms with Gasteiger partial charge in [0.05, 0.1) is 0 Å². The molecule has 1 atom stereocenters. The fourth-order valence-corrected chi connectivity index (χ4v) is 5.17. The van der Waals surface area contributed by atoms with Crippen molar-refractivity contribution in [2.75, 3.05) is 6.61 Å². The molecule has 0 aromatic heterocycles. The number of carboxylic acids is 1. The average Bonchev–Trinajstić information content (AvgIpc) is 3.61. The summed E-state index contributed by atoms with van der Waals surface area (Å²) in [5.41, 5.74) is 1.46. The number of fused-ring (bicyclic) bond motifs is 3. The Bertz CT molecular complexity index is 1370. The Hall–Kier alpha value is -3.73. The van der Waals surface area contributed by atoms with Crippen LogP contribution in [0.5, 0.6) is 0 Å². The first kappa shape index (κ1) is 24.9. The number of halogens is 4. The van der Waals surface area contributed by atoms with Crippen molar-refractivity contribution < 1.29 is 32.6 Å². The number of nitrogens with zero attached hydrogens (tertiary/aromatic N) is 2. The smallest absolute Gasteiger partial charge is 0.442 e. The number of carboxylic acid groups (broad SMARTS) is 1. The second-order valence-corrected chi connectivity index (χ2v) is 9.70. The summed E-state index contributed by atoms with van der Waals surface area (Å²) in [5.74, 6) is -1.57. The SMILES string of the molecule is O=C(N[C@@H](Cc1cc(Br)cc(C2(C(F)(F)F)N=N2)c1)C(=O)O)OCC1c2ccccc2-c2ccccc21. The Kier molecular flexibility index (Phi) is 6.26. The first-order chi connectivity index (χ1) is 17.6. The van der Waals surface area contributed by atoms with Gasteiger partial charge in [-0.15, -0.1) is 10.2 Å². The molecule has 0 saturated heterocycles. The zero-order chi connectivity index (χ0) is 26.4. The van der Waals surface area contributed by atoms with Crippen LogP contribution < -0.4 is 5.32 Å². The fraction of sp³-hybridized carbons (Fsp3) is 0.231. The van der Waals surface area contributed by atoms with Crippen LogP contribution >= 0.6 is 15.9 Å². The standard InChI is InChI=1S/C26H19BrF3N3O4/c27-16-10-14(9-15(12-16)25(32-33-25)26(28,29)30)11-22(23(34)35)31-24(36)37-13-21-19-7-3-1-5-17(19)18-6-2-4-8-20(18)21/h1-10,12,21-22H,11,13H2,(H,31,36)(H,34,35)/t22-/m0/s1. The number of ether oxygens (including phenoxy) is 1. The molecule has 0 unspecified atom stereocenters. The first-order valence-electron chi connectivity index (χ1n) is 11.2. The lowest BCUT2D eigenvalue weighted by atomic mass is 9.97. The molecule has 3 aromatic carbocycles. The number of nitrogens with one attached hydrogen (secondary N) is 1. The minimum atomic E-state index is -4.73.